The van der Waals surface area contributed by atoms with Gasteiger partial charge >= 0.3 is 6.01 Å². The van der Waals surface area contributed by atoms with E-state index in [0.29, 0.717) is 18.5 Å². The van der Waals surface area contributed by atoms with Gasteiger partial charge in [0.05, 0.1) is 13.3 Å². The van der Waals surface area contributed by atoms with E-state index in [1.54, 1.807) is 13.3 Å². The van der Waals surface area contributed by atoms with Crippen LogP contribution in [-0.4, -0.2) is 22.3 Å². The Morgan fingerprint density at radius 3 is 2.82 bits per heavy atom. The first kappa shape index (κ1) is 14.8. The summed E-state index contributed by atoms with van der Waals surface area (Å²) in [4.78, 5) is 4.18. The fraction of sp³-hybridized carbons (Fsp3) is 0.562. The zero-order valence-corrected chi connectivity index (χ0v) is 13.1. The van der Waals surface area contributed by atoms with Gasteiger partial charge in [0.25, 0.3) is 0 Å². The van der Waals surface area contributed by atoms with E-state index in [1.807, 2.05) is 13.1 Å². The number of aromatic nitrogens is 3. The van der Waals surface area contributed by atoms with Crippen molar-refractivity contribution in [3.63, 3.8) is 0 Å². The van der Waals surface area contributed by atoms with Crippen LogP contribution in [0.25, 0.3) is 0 Å². The fourth-order valence-electron chi connectivity index (χ4n) is 2.92. The van der Waals surface area contributed by atoms with Gasteiger partial charge in [-0.25, -0.2) is 0 Å². The van der Waals surface area contributed by atoms with Crippen molar-refractivity contribution in [2.24, 2.45) is 0 Å². The van der Waals surface area contributed by atoms with Crippen LogP contribution in [0.2, 0.25) is 0 Å². The second kappa shape index (κ2) is 6.77. The molecule has 3 rings (SSSR count). The minimum absolute atomic E-state index is 0.428. The van der Waals surface area contributed by atoms with E-state index in [0.717, 1.165) is 35.6 Å². The third kappa shape index (κ3) is 3.21. The fourth-order valence-corrected chi connectivity index (χ4v) is 2.92. The first-order chi connectivity index (χ1) is 10.8. The van der Waals surface area contributed by atoms with E-state index < -0.39 is 0 Å². The van der Waals surface area contributed by atoms with Gasteiger partial charge < -0.3 is 14.5 Å². The number of anilines is 1. The number of methoxy groups -OCH3 is 1. The van der Waals surface area contributed by atoms with Crippen LogP contribution in [0.4, 0.5) is 6.01 Å². The highest BCUT2D eigenvalue weighted by atomic mass is 16.5. The van der Waals surface area contributed by atoms with E-state index >= 15 is 0 Å². The quantitative estimate of drug-likeness (QED) is 0.912. The molecular weight excluding hydrogens is 280 g/mol. The van der Waals surface area contributed by atoms with Crippen molar-refractivity contribution >= 4 is 6.01 Å². The average Bonchev–Trinajstić information content (AvgIpc) is 3.04. The SMILES string of the molecule is COc1cncc(CNc2nnc(C3CCCCC3)o2)c1C. The Bertz CT molecular complexity index is 620. The highest BCUT2D eigenvalue weighted by Crippen LogP contribution is 2.32. The van der Waals surface area contributed by atoms with Crippen molar-refractivity contribution in [1.29, 1.82) is 0 Å². The van der Waals surface area contributed by atoms with Crippen LogP contribution in [0.1, 0.15) is 55.0 Å². The van der Waals surface area contributed by atoms with Gasteiger partial charge in [0.2, 0.25) is 5.89 Å². The third-order valence-corrected chi connectivity index (χ3v) is 4.32. The van der Waals surface area contributed by atoms with Gasteiger partial charge in [-0.3, -0.25) is 4.98 Å². The molecule has 0 aromatic carbocycles. The molecule has 1 fully saturated rings. The third-order valence-electron chi connectivity index (χ3n) is 4.32. The maximum absolute atomic E-state index is 5.76. The average molecular weight is 302 g/mol. The summed E-state index contributed by atoms with van der Waals surface area (Å²) >= 11 is 0. The Kier molecular flexibility index (Phi) is 4.56. The number of hydrogen-bond donors (Lipinski definition) is 1. The number of hydrogen-bond acceptors (Lipinski definition) is 6. The topological polar surface area (TPSA) is 73.1 Å². The Morgan fingerprint density at radius 1 is 1.23 bits per heavy atom. The largest absolute Gasteiger partial charge is 0.495 e. The smallest absolute Gasteiger partial charge is 0.315 e. The van der Waals surface area contributed by atoms with Gasteiger partial charge in [-0.1, -0.05) is 24.4 Å². The first-order valence-corrected chi connectivity index (χ1v) is 7.82. The lowest BCUT2D eigenvalue weighted by atomic mass is 9.89. The maximum Gasteiger partial charge on any atom is 0.315 e. The summed E-state index contributed by atoms with van der Waals surface area (Å²) in [5, 5.41) is 11.5. The molecule has 1 aliphatic rings. The molecular formula is C16H22N4O2. The summed E-state index contributed by atoms with van der Waals surface area (Å²) in [6.45, 7) is 2.60. The van der Waals surface area contributed by atoms with Gasteiger partial charge in [0.1, 0.15) is 5.75 Å². The number of ether oxygens (including phenoxy) is 1. The van der Waals surface area contributed by atoms with E-state index in [1.165, 1.54) is 19.3 Å². The van der Waals surface area contributed by atoms with E-state index in [9.17, 15) is 0 Å². The summed E-state index contributed by atoms with van der Waals surface area (Å²) in [5.41, 5.74) is 2.12. The van der Waals surface area contributed by atoms with Gasteiger partial charge in [0.15, 0.2) is 0 Å². The molecule has 0 unspecified atom stereocenters. The molecule has 2 aromatic heterocycles. The zero-order chi connectivity index (χ0) is 15.4. The minimum atomic E-state index is 0.428. The molecule has 0 atom stereocenters. The molecule has 2 heterocycles. The molecule has 6 nitrogen and oxygen atoms in total. The standard InChI is InChI=1S/C16H22N4O2/c1-11-13(8-17-10-14(11)21-2)9-18-16-20-19-15(22-16)12-6-4-3-5-7-12/h8,10,12H,3-7,9H2,1-2H3,(H,18,20). The number of nitrogens with zero attached hydrogens (tertiary/aromatic N) is 3. The molecule has 2 aromatic rings. The van der Waals surface area contributed by atoms with Crippen LogP contribution in [0.15, 0.2) is 16.8 Å². The van der Waals surface area contributed by atoms with Gasteiger partial charge in [-0.15, -0.1) is 5.10 Å². The minimum Gasteiger partial charge on any atom is -0.495 e. The molecule has 0 spiro atoms. The number of rotatable bonds is 5. The molecule has 1 N–H and O–H groups in total. The molecule has 22 heavy (non-hydrogen) atoms. The summed E-state index contributed by atoms with van der Waals surface area (Å²) in [6, 6.07) is 0.475. The molecule has 0 radical (unpaired) electrons. The van der Waals surface area contributed by atoms with Crippen LogP contribution >= 0.6 is 0 Å². The van der Waals surface area contributed by atoms with Crippen LogP contribution in [0, 0.1) is 6.92 Å². The van der Waals surface area contributed by atoms with Gasteiger partial charge in [-0.2, -0.15) is 0 Å². The van der Waals surface area contributed by atoms with E-state index in [-0.39, 0.29) is 0 Å². The van der Waals surface area contributed by atoms with Crippen LogP contribution in [-0.2, 0) is 6.54 Å². The van der Waals surface area contributed by atoms with Crippen LogP contribution in [0.5, 0.6) is 5.75 Å². The van der Waals surface area contributed by atoms with Gasteiger partial charge in [0, 0.05) is 18.7 Å². The lowest BCUT2D eigenvalue weighted by Gasteiger charge is -2.17. The van der Waals surface area contributed by atoms with Crippen LogP contribution < -0.4 is 10.1 Å². The predicted molar refractivity (Wildman–Crippen MR) is 83.0 cm³/mol. The second-order valence-electron chi connectivity index (χ2n) is 5.76. The maximum atomic E-state index is 5.76. The summed E-state index contributed by atoms with van der Waals surface area (Å²) in [7, 11) is 1.65. The molecule has 0 bridgehead atoms. The molecule has 0 amide bonds. The molecule has 0 aliphatic heterocycles. The highest BCUT2D eigenvalue weighted by molar-refractivity contribution is 5.37. The highest BCUT2D eigenvalue weighted by Gasteiger charge is 2.21. The van der Waals surface area contributed by atoms with Crippen molar-refractivity contribution in [3.05, 3.63) is 29.4 Å². The molecule has 1 saturated carbocycles. The predicted octanol–water partition coefficient (Wildman–Crippen LogP) is 3.44. The Balaban J connectivity index is 1.63. The zero-order valence-electron chi connectivity index (χ0n) is 13.1. The second-order valence-corrected chi connectivity index (χ2v) is 5.76. The van der Waals surface area contributed by atoms with E-state index in [2.05, 4.69) is 20.5 Å². The lowest BCUT2D eigenvalue weighted by Crippen LogP contribution is -2.04. The summed E-state index contributed by atoms with van der Waals surface area (Å²) in [6.07, 6.45) is 9.67. The summed E-state index contributed by atoms with van der Waals surface area (Å²) in [5.74, 6) is 1.98. The first-order valence-electron chi connectivity index (χ1n) is 7.82. The molecule has 118 valence electrons. The molecule has 1 aliphatic carbocycles. The Morgan fingerprint density at radius 2 is 2.05 bits per heavy atom. The van der Waals surface area contributed by atoms with Crippen molar-refractivity contribution in [3.8, 4) is 5.75 Å². The van der Waals surface area contributed by atoms with E-state index in [4.69, 9.17) is 9.15 Å². The Labute approximate surface area is 130 Å². The normalized spacial score (nSPS) is 15.7. The number of pyridine rings is 1. The summed E-state index contributed by atoms with van der Waals surface area (Å²) < 4.78 is 11.0. The van der Waals surface area contributed by atoms with Gasteiger partial charge in [-0.05, 0) is 30.9 Å². The van der Waals surface area contributed by atoms with Crippen molar-refractivity contribution in [2.75, 3.05) is 12.4 Å². The lowest BCUT2D eigenvalue weighted by molar-refractivity contribution is 0.367. The number of nitrogens with one attached hydrogen (secondary N) is 1. The van der Waals surface area contributed by atoms with Crippen molar-refractivity contribution < 1.29 is 9.15 Å². The van der Waals surface area contributed by atoms with Crippen molar-refractivity contribution in [1.82, 2.24) is 15.2 Å². The monoisotopic (exact) mass is 302 g/mol. The molecule has 0 saturated heterocycles. The van der Waals surface area contributed by atoms with Crippen LogP contribution in [0.3, 0.4) is 0 Å². The van der Waals surface area contributed by atoms with Crippen molar-refractivity contribution in [2.45, 2.75) is 51.5 Å². The Hall–Kier alpha value is -2.11. The molecule has 6 heteroatoms.